The number of amides is 2. The summed E-state index contributed by atoms with van der Waals surface area (Å²) < 4.78 is 11.0. The van der Waals surface area contributed by atoms with E-state index in [1.54, 1.807) is 30.0 Å². The minimum absolute atomic E-state index is 0.0539. The lowest BCUT2D eigenvalue weighted by atomic mass is 10.1. The summed E-state index contributed by atoms with van der Waals surface area (Å²) in [6.45, 7) is 4.09. The predicted molar refractivity (Wildman–Crippen MR) is 130 cm³/mol. The van der Waals surface area contributed by atoms with Crippen LogP contribution in [0.5, 0.6) is 11.5 Å². The van der Waals surface area contributed by atoms with Gasteiger partial charge in [-0.25, -0.2) is 10.9 Å². The fraction of sp³-hybridized carbons (Fsp3) is 0.273. The molecule has 0 fully saturated rings. The summed E-state index contributed by atoms with van der Waals surface area (Å²) in [5, 5.41) is 18.7. The number of amidine groups is 2. The zero-order valence-corrected chi connectivity index (χ0v) is 19.3. The summed E-state index contributed by atoms with van der Waals surface area (Å²) in [5.74, 6) is 2.05. The van der Waals surface area contributed by atoms with Gasteiger partial charge in [-0.2, -0.15) is 10.2 Å². The fourth-order valence-corrected chi connectivity index (χ4v) is 4.17. The van der Waals surface area contributed by atoms with Gasteiger partial charge in [0.25, 0.3) is 17.5 Å². The molecule has 4 aliphatic heterocycles. The number of nitrogen functional groups attached to an aromatic ring is 1. The van der Waals surface area contributed by atoms with Crippen molar-refractivity contribution in [2.45, 2.75) is 25.9 Å². The summed E-state index contributed by atoms with van der Waals surface area (Å²) in [7, 11) is 0. The van der Waals surface area contributed by atoms with Gasteiger partial charge in [-0.05, 0) is 38.1 Å². The zero-order chi connectivity index (χ0) is 25.6. The SMILES string of the molecule is CC1C(=O)NN=C2COc3ccc(N)cc3N21.CC1C(=O)NN=C2COc3ccc([N+](=O)[O-])cc3N21. The maximum atomic E-state index is 11.6. The Bertz CT molecular complexity index is 1340. The van der Waals surface area contributed by atoms with E-state index in [0.29, 0.717) is 35.4 Å². The third-order valence-corrected chi connectivity index (χ3v) is 6.05. The summed E-state index contributed by atoms with van der Waals surface area (Å²) in [4.78, 5) is 37.1. The second-order valence-electron chi connectivity index (χ2n) is 8.31. The first-order chi connectivity index (χ1) is 17.2. The molecule has 0 radical (unpaired) electrons. The molecule has 0 bridgehead atoms. The van der Waals surface area contributed by atoms with Crippen molar-refractivity contribution in [2.75, 3.05) is 28.7 Å². The normalized spacial score (nSPS) is 21.3. The number of hydrogen-bond acceptors (Lipinski definition) is 11. The Hall–Kier alpha value is -4.88. The first-order valence-corrected chi connectivity index (χ1v) is 11.0. The number of hydrogen-bond donors (Lipinski definition) is 3. The summed E-state index contributed by atoms with van der Waals surface area (Å²) in [6.07, 6.45) is 0. The average Bonchev–Trinajstić information content (AvgIpc) is 2.87. The van der Waals surface area contributed by atoms with E-state index in [1.165, 1.54) is 18.2 Å². The Balaban J connectivity index is 0.000000149. The Kier molecular flexibility index (Phi) is 5.54. The Morgan fingerprint density at radius 1 is 0.917 bits per heavy atom. The molecular weight excluding hydrogens is 472 g/mol. The third-order valence-electron chi connectivity index (χ3n) is 6.05. The van der Waals surface area contributed by atoms with Gasteiger partial charge in [0, 0.05) is 17.8 Å². The molecule has 0 aliphatic carbocycles. The van der Waals surface area contributed by atoms with Crippen LogP contribution >= 0.6 is 0 Å². The quantitative estimate of drug-likeness (QED) is 0.295. The van der Waals surface area contributed by atoms with Crippen molar-refractivity contribution in [1.29, 1.82) is 0 Å². The molecule has 0 saturated heterocycles. The molecule has 4 heterocycles. The molecular formula is C22H22N8O6. The second kappa shape index (κ2) is 8.72. The van der Waals surface area contributed by atoms with Crippen LogP contribution in [0.25, 0.3) is 0 Å². The van der Waals surface area contributed by atoms with Crippen LogP contribution in [-0.4, -0.2) is 53.7 Å². The lowest BCUT2D eigenvalue weighted by Gasteiger charge is -2.38. The number of nitrogens with zero attached hydrogens (tertiary/aromatic N) is 5. The number of non-ortho nitro benzene ring substituents is 1. The number of ether oxygens (including phenoxy) is 2. The van der Waals surface area contributed by atoms with Gasteiger partial charge in [-0.1, -0.05) is 0 Å². The monoisotopic (exact) mass is 494 g/mol. The fourth-order valence-electron chi connectivity index (χ4n) is 4.17. The van der Waals surface area contributed by atoms with Crippen molar-refractivity contribution in [1.82, 2.24) is 10.9 Å². The minimum atomic E-state index is -0.489. The molecule has 4 N–H and O–H groups in total. The topological polar surface area (TPSA) is 177 Å². The predicted octanol–water partition coefficient (Wildman–Crippen LogP) is 0.925. The summed E-state index contributed by atoms with van der Waals surface area (Å²) in [5.41, 5.74) is 12.5. The van der Waals surface area contributed by atoms with Crippen LogP contribution in [0.2, 0.25) is 0 Å². The van der Waals surface area contributed by atoms with Crippen LogP contribution < -0.4 is 35.9 Å². The molecule has 0 spiro atoms. The number of carbonyl (C=O) groups excluding carboxylic acids is 2. The number of fused-ring (bicyclic) bond motifs is 6. The first kappa shape index (κ1) is 22.9. The van der Waals surface area contributed by atoms with Crippen LogP contribution in [0.3, 0.4) is 0 Å². The number of nitro groups is 1. The molecule has 14 heteroatoms. The van der Waals surface area contributed by atoms with E-state index in [4.69, 9.17) is 15.2 Å². The Morgan fingerprint density at radius 2 is 1.42 bits per heavy atom. The smallest absolute Gasteiger partial charge is 0.271 e. The molecule has 2 amide bonds. The molecule has 6 rings (SSSR count). The molecule has 4 aliphatic rings. The van der Waals surface area contributed by atoms with E-state index in [2.05, 4.69) is 21.1 Å². The third kappa shape index (κ3) is 3.87. The van der Waals surface area contributed by atoms with E-state index >= 15 is 0 Å². The van der Waals surface area contributed by atoms with E-state index in [-0.39, 0.29) is 30.2 Å². The molecule has 2 atom stereocenters. The van der Waals surface area contributed by atoms with Crippen molar-refractivity contribution >= 4 is 46.2 Å². The lowest BCUT2D eigenvalue weighted by molar-refractivity contribution is -0.384. The van der Waals surface area contributed by atoms with Gasteiger partial charge < -0.3 is 25.0 Å². The van der Waals surface area contributed by atoms with Gasteiger partial charge in [0.05, 0.1) is 16.3 Å². The van der Waals surface area contributed by atoms with E-state index in [0.717, 1.165) is 11.4 Å². The summed E-state index contributed by atoms with van der Waals surface area (Å²) >= 11 is 0. The van der Waals surface area contributed by atoms with Crippen LogP contribution in [0.1, 0.15) is 13.8 Å². The number of benzene rings is 2. The number of carbonyl (C=O) groups is 2. The van der Waals surface area contributed by atoms with Gasteiger partial charge in [0.2, 0.25) is 0 Å². The highest BCUT2D eigenvalue weighted by Gasteiger charge is 2.36. The van der Waals surface area contributed by atoms with Crippen molar-refractivity contribution < 1.29 is 24.0 Å². The number of hydrazone groups is 2. The Morgan fingerprint density at radius 3 is 1.94 bits per heavy atom. The van der Waals surface area contributed by atoms with E-state index in [9.17, 15) is 19.7 Å². The molecule has 2 unspecified atom stereocenters. The van der Waals surface area contributed by atoms with Crippen molar-refractivity contribution in [3.05, 3.63) is 46.5 Å². The maximum Gasteiger partial charge on any atom is 0.271 e. The second-order valence-corrected chi connectivity index (χ2v) is 8.31. The number of nitrogens with one attached hydrogen (secondary N) is 2. The number of rotatable bonds is 1. The van der Waals surface area contributed by atoms with Crippen molar-refractivity contribution in [3.63, 3.8) is 0 Å². The highest BCUT2D eigenvalue weighted by atomic mass is 16.6. The Labute approximate surface area is 204 Å². The van der Waals surface area contributed by atoms with Gasteiger partial charge in [-0.15, -0.1) is 0 Å². The van der Waals surface area contributed by atoms with Crippen molar-refractivity contribution in [3.8, 4) is 11.5 Å². The molecule has 186 valence electrons. The first-order valence-electron chi connectivity index (χ1n) is 11.0. The van der Waals surface area contributed by atoms with E-state index < -0.39 is 11.0 Å². The van der Waals surface area contributed by atoms with Crippen LogP contribution in [0.4, 0.5) is 22.7 Å². The maximum absolute atomic E-state index is 11.6. The molecule has 0 aromatic heterocycles. The van der Waals surface area contributed by atoms with E-state index in [1.807, 2.05) is 11.8 Å². The van der Waals surface area contributed by atoms with Crippen LogP contribution in [0.15, 0.2) is 46.6 Å². The standard InChI is InChI=1S/C11H10N4O4.C11H12N4O2/c1-6-11(16)13-12-10-5-19-9-3-2-7(15(17)18)4-8(9)14(6)10;1-6-11(16)14-13-10-5-17-9-3-2-7(12)4-8(9)15(6)10/h2-4,6H,5H2,1H3,(H,13,16);2-4,6H,5,12H2,1H3,(H,14,16). The summed E-state index contributed by atoms with van der Waals surface area (Å²) in [6, 6.07) is 8.86. The van der Waals surface area contributed by atoms with Crippen molar-refractivity contribution in [2.24, 2.45) is 10.2 Å². The lowest BCUT2D eigenvalue weighted by Crippen LogP contribution is -2.55. The highest BCUT2D eigenvalue weighted by molar-refractivity contribution is 6.10. The largest absolute Gasteiger partial charge is 0.483 e. The minimum Gasteiger partial charge on any atom is -0.483 e. The van der Waals surface area contributed by atoms with Crippen LogP contribution in [0, 0.1) is 10.1 Å². The van der Waals surface area contributed by atoms with Gasteiger partial charge in [0.1, 0.15) is 36.8 Å². The number of nitrogens with two attached hydrogens (primary N) is 1. The number of anilines is 3. The molecule has 0 saturated carbocycles. The molecule has 36 heavy (non-hydrogen) atoms. The molecule has 2 aromatic carbocycles. The van der Waals surface area contributed by atoms with Gasteiger partial charge >= 0.3 is 0 Å². The van der Waals surface area contributed by atoms with Gasteiger partial charge in [0.15, 0.2) is 11.7 Å². The number of nitro benzene ring substituents is 1. The zero-order valence-electron chi connectivity index (χ0n) is 19.3. The van der Waals surface area contributed by atoms with Crippen LogP contribution in [-0.2, 0) is 9.59 Å². The highest BCUT2D eigenvalue weighted by Crippen LogP contribution is 2.38. The van der Waals surface area contributed by atoms with Gasteiger partial charge in [-0.3, -0.25) is 19.7 Å². The molecule has 14 nitrogen and oxygen atoms in total. The molecule has 2 aromatic rings. The average molecular weight is 494 g/mol.